The second-order valence-corrected chi connectivity index (χ2v) is 5.03. The minimum absolute atomic E-state index is 0.528. The summed E-state index contributed by atoms with van der Waals surface area (Å²) in [5.41, 5.74) is 2.52. The molecule has 0 aromatic carbocycles. The molecule has 0 saturated heterocycles. The smallest absolute Gasteiger partial charge is 0.131 e. The van der Waals surface area contributed by atoms with E-state index in [1.807, 2.05) is 6.20 Å². The van der Waals surface area contributed by atoms with Gasteiger partial charge in [0.15, 0.2) is 0 Å². The van der Waals surface area contributed by atoms with E-state index < -0.39 is 0 Å². The van der Waals surface area contributed by atoms with Gasteiger partial charge in [-0.3, -0.25) is 0 Å². The second-order valence-electron chi connectivity index (χ2n) is 5.03. The zero-order chi connectivity index (χ0) is 13.5. The number of aryl methyl sites for hydroxylation is 1. The van der Waals surface area contributed by atoms with Gasteiger partial charge in [-0.1, -0.05) is 13.8 Å². The quantitative estimate of drug-likeness (QED) is 0.753. The molecule has 0 bridgehead atoms. The zero-order valence-electron chi connectivity index (χ0n) is 12.5. The summed E-state index contributed by atoms with van der Waals surface area (Å²) in [5.74, 6) is 1.10. The number of rotatable bonds is 7. The van der Waals surface area contributed by atoms with Gasteiger partial charge in [-0.05, 0) is 50.4 Å². The van der Waals surface area contributed by atoms with Crippen LogP contribution >= 0.6 is 0 Å². The maximum atomic E-state index is 4.61. The van der Waals surface area contributed by atoms with Crippen molar-refractivity contribution >= 4 is 5.82 Å². The van der Waals surface area contributed by atoms with Crippen LogP contribution in [0.1, 0.15) is 44.7 Å². The van der Waals surface area contributed by atoms with Gasteiger partial charge in [0.2, 0.25) is 0 Å². The Morgan fingerprint density at radius 1 is 1.39 bits per heavy atom. The largest absolute Gasteiger partial charge is 0.357 e. The summed E-state index contributed by atoms with van der Waals surface area (Å²) in [6.07, 6.45) is 4.29. The zero-order valence-corrected chi connectivity index (χ0v) is 12.5. The van der Waals surface area contributed by atoms with E-state index in [4.69, 9.17) is 0 Å². The van der Waals surface area contributed by atoms with E-state index in [-0.39, 0.29) is 0 Å². The van der Waals surface area contributed by atoms with Crippen LogP contribution in [0.25, 0.3) is 0 Å². The normalized spacial score (nSPS) is 12.5. The predicted molar refractivity (Wildman–Crippen MR) is 79.1 cm³/mol. The molecule has 0 saturated carbocycles. The minimum atomic E-state index is 0.528. The van der Waals surface area contributed by atoms with Crippen LogP contribution in [0.2, 0.25) is 0 Å². The Morgan fingerprint density at radius 2 is 2.11 bits per heavy atom. The lowest BCUT2D eigenvalue weighted by atomic mass is 10.1. The lowest BCUT2D eigenvalue weighted by Crippen LogP contribution is -2.29. The molecule has 0 aliphatic heterocycles. The van der Waals surface area contributed by atoms with Crippen LogP contribution < -0.4 is 10.2 Å². The van der Waals surface area contributed by atoms with Crippen molar-refractivity contribution in [1.82, 2.24) is 10.3 Å². The summed E-state index contributed by atoms with van der Waals surface area (Å²) in [7, 11) is 2.12. The third-order valence-electron chi connectivity index (χ3n) is 3.45. The molecule has 1 aromatic rings. The van der Waals surface area contributed by atoms with Crippen molar-refractivity contribution in [2.45, 2.75) is 53.1 Å². The Morgan fingerprint density at radius 3 is 2.67 bits per heavy atom. The molecule has 0 fully saturated rings. The predicted octanol–water partition coefficient (Wildman–Crippen LogP) is 3.12. The van der Waals surface area contributed by atoms with Crippen LogP contribution in [0.4, 0.5) is 5.82 Å². The number of pyridine rings is 1. The standard InChI is InChI=1S/C15H27N3/c1-6-8-16-10-14-9-12(3)15(17-11-14)18(5)13(4)7-2/h9,11,13,16H,6-8,10H2,1-5H3. The van der Waals surface area contributed by atoms with Crippen LogP contribution in [0.5, 0.6) is 0 Å². The van der Waals surface area contributed by atoms with Gasteiger partial charge in [0.1, 0.15) is 5.82 Å². The molecule has 0 spiro atoms. The molecule has 0 amide bonds. The maximum absolute atomic E-state index is 4.61. The molecule has 1 atom stereocenters. The Hall–Kier alpha value is -1.09. The monoisotopic (exact) mass is 249 g/mol. The first-order valence-electron chi connectivity index (χ1n) is 6.99. The van der Waals surface area contributed by atoms with Gasteiger partial charge < -0.3 is 10.2 Å². The van der Waals surface area contributed by atoms with Gasteiger partial charge in [0, 0.05) is 25.8 Å². The topological polar surface area (TPSA) is 28.2 Å². The third-order valence-corrected chi connectivity index (χ3v) is 3.45. The van der Waals surface area contributed by atoms with Gasteiger partial charge in [-0.15, -0.1) is 0 Å². The number of anilines is 1. The second kappa shape index (κ2) is 7.37. The highest BCUT2D eigenvalue weighted by atomic mass is 15.2. The lowest BCUT2D eigenvalue weighted by Gasteiger charge is -2.26. The Balaban J connectivity index is 2.73. The molecule has 0 aliphatic rings. The van der Waals surface area contributed by atoms with Crippen molar-refractivity contribution < 1.29 is 0 Å². The van der Waals surface area contributed by atoms with E-state index in [9.17, 15) is 0 Å². The van der Waals surface area contributed by atoms with Crippen molar-refractivity contribution in [2.75, 3.05) is 18.5 Å². The van der Waals surface area contributed by atoms with E-state index >= 15 is 0 Å². The summed E-state index contributed by atoms with van der Waals surface area (Å²) in [5, 5.41) is 3.41. The van der Waals surface area contributed by atoms with E-state index in [0.29, 0.717) is 6.04 Å². The Kier molecular flexibility index (Phi) is 6.13. The fourth-order valence-corrected chi connectivity index (χ4v) is 1.98. The molecule has 102 valence electrons. The molecule has 0 radical (unpaired) electrons. The van der Waals surface area contributed by atoms with Crippen molar-refractivity contribution in [2.24, 2.45) is 0 Å². The number of nitrogens with zero attached hydrogens (tertiary/aromatic N) is 2. The molecule has 1 aromatic heterocycles. The lowest BCUT2D eigenvalue weighted by molar-refractivity contribution is 0.652. The van der Waals surface area contributed by atoms with Gasteiger partial charge in [0.25, 0.3) is 0 Å². The molecule has 0 aliphatic carbocycles. The van der Waals surface area contributed by atoms with E-state index in [1.54, 1.807) is 0 Å². The molecule has 1 N–H and O–H groups in total. The first-order chi connectivity index (χ1) is 8.60. The fraction of sp³-hybridized carbons (Fsp3) is 0.667. The van der Waals surface area contributed by atoms with E-state index in [2.05, 4.69) is 56.0 Å². The molecular formula is C15H27N3. The van der Waals surface area contributed by atoms with Crippen LogP contribution in [0, 0.1) is 6.92 Å². The van der Waals surface area contributed by atoms with Crippen LogP contribution in [0.15, 0.2) is 12.3 Å². The maximum Gasteiger partial charge on any atom is 0.131 e. The highest BCUT2D eigenvalue weighted by Crippen LogP contribution is 2.19. The number of nitrogens with one attached hydrogen (secondary N) is 1. The van der Waals surface area contributed by atoms with Crippen molar-refractivity contribution in [3.8, 4) is 0 Å². The van der Waals surface area contributed by atoms with Crippen molar-refractivity contribution in [3.05, 3.63) is 23.4 Å². The van der Waals surface area contributed by atoms with Gasteiger partial charge in [-0.25, -0.2) is 4.98 Å². The van der Waals surface area contributed by atoms with Crippen LogP contribution in [-0.2, 0) is 6.54 Å². The van der Waals surface area contributed by atoms with Gasteiger partial charge >= 0.3 is 0 Å². The van der Waals surface area contributed by atoms with Gasteiger partial charge in [-0.2, -0.15) is 0 Å². The highest BCUT2D eigenvalue weighted by molar-refractivity contribution is 5.47. The average Bonchev–Trinajstić information content (AvgIpc) is 2.37. The molecule has 1 rings (SSSR count). The number of hydrogen-bond acceptors (Lipinski definition) is 3. The number of aromatic nitrogens is 1. The van der Waals surface area contributed by atoms with E-state index in [1.165, 1.54) is 17.5 Å². The molecule has 1 unspecified atom stereocenters. The molecular weight excluding hydrogens is 222 g/mol. The Labute approximate surface area is 112 Å². The fourth-order valence-electron chi connectivity index (χ4n) is 1.98. The minimum Gasteiger partial charge on any atom is -0.357 e. The van der Waals surface area contributed by atoms with Crippen molar-refractivity contribution in [3.63, 3.8) is 0 Å². The van der Waals surface area contributed by atoms with Gasteiger partial charge in [0.05, 0.1) is 0 Å². The van der Waals surface area contributed by atoms with Crippen molar-refractivity contribution in [1.29, 1.82) is 0 Å². The van der Waals surface area contributed by atoms with Crippen LogP contribution in [0.3, 0.4) is 0 Å². The first-order valence-corrected chi connectivity index (χ1v) is 6.99. The van der Waals surface area contributed by atoms with E-state index in [0.717, 1.165) is 25.3 Å². The number of hydrogen-bond donors (Lipinski definition) is 1. The average molecular weight is 249 g/mol. The molecule has 3 heteroatoms. The highest BCUT2D eigenvalue weighted by Gasteiger charge is 2.11. The molecule has 18 heavy (non-hydrogen) atoms. The summed E-state index contributed by atoms with van der Waals surface area (Å²) >= 11 is 0. The first kappa shape index (κ1) is 15.0. The molecule has 3 nitrogen and oxygen atoms in total. The third kappa shape index (κ3) is 3.98. The Bertz CT molecular complexity index is 363. The molecule has 1 heterocycles. The van der Waals surface area contributed by atoms with Crippen LogP contribution in [-0.4, -0.2) is 24.6 Å². The summed E-state index contributed by atoms with van der Waals surface area (Å²) < 4.78 is 0. The SMILES string of the molecule is CCCNCc1cnc(N(C)C(C)CC)c(C)c1. The summed E-state index contributed by atoms with van der Waals surface area (Å²) in [6.45, 7) is 10.7. The summed E-state index contributed by atoms with van der Waals surface area (Å²) in [6, 6.07) is 2.77. The summed E-state index contributed by atoms with van der Waals surface area (Å²) in [4.78, 5) is 6.87.